The standard InChI is InChI=1S/C14H23N3O.H2O.2H2/c1-5-11-12-9(14(12,2)3)8-17(11)13(18)10(15)6-7-16-4;;;/h6-7,9,11-12H,5,8,15H2,1-4H3;1H2;2*1H/b10-6-,16-7?;;;/t9?,11-,12?;;;/m1.../s1. The molecule has 5 heteroatoms. The van der Waals surface area contributed by atoms with Gasteiger partial charge in [0.15, 0.2) is 0 Å². The largest absolute Gasteiger partial charge is 0.412 e. The third-order valence-corrected chi connectivity index (χ3v) is 4.68. The van der Waals surface area contributed by atoms with Crippen molar-refractivity contribution in [3.05, 3.63) is 11.8 Å². The maximum absolute atomic E-state index is 12.3. The van der Waals surface area contributed by atoms with Gasteiger partial charge in [-0.2, -0.15) is 0 Å². The summed E-state index contributed by atoms with van der Waals surface area (Å²) in [7, 11) is 1.66. The number of allylic oxidation sites excluding steroid dienone is 1. The summed E-state index contributed by atoms with van der Waals surface area (Å²) in [6, 6.07) is 0.350. The molecule has 0 aromatic carbocycles. The van der Waals surface area contributed by atoms with Crippen molar-refractivity contribution in [1.29, 1.82) is 0 Å². The summed E-state index contributed by atoms with van der Waals surface area (Å²) < 4.78 is 0. The molecule has 2 aliphatic rings. The van der Waals surface area contributed by atoms with Crippen LogP contribution in [0.25, 0.3) is 0 Å². The van der Waals surface area contributed by atoms with Crippen LogP contribution in [-0.2, 0) is 4.79 Å². The van der Waals surface area contributed by atoms with Gasteiger partial charge in [0, 0.05) is 28.7 Å². The molecule has 5 nitrogen and oxygen atoms in total. The Kier molecular flexibility index (Phi) is 4.40. The number of carbonyl (C=O) groups excluding carboxylic acids is 1. The Bertz CT molecular complexity index is 424. The number of carbonyl (C=O) groups is 1. The first kappa shape index (κ1) is 15.7. The number of amides is 1. The van der Waals surface area contributed by atoms with Gasteiger partial charge >= 0.3 is 0 Å². The van der Waals surface area contributed by atoms with Crippen LogP contribution in [0.3, 0.4) is 0 Å². The van der Waals surface area contributed by atoms with E-state index >= 15 is 0 Å². The Balaban J connectivity index is 0. The van der Waals surface area contributed by atoms with E-state index in [-0.39, 0.29) is 19.9 Å². The zero-order valence-electron chi connectivity index (χ0n) is 12.2. The van der Waals surface area contributed by atoms with Crippen LogP contribution in [0.5, 0.6) is 0 Å². The quantitative estimate of drug-likeness (QED) is 0.615. The molecule has 2 fully saturated rings. The summed E-state index contributed by atoms with van der Waals surface area (Å²) in [5, 5.41) is 0. The fourth-order valence-electron chi connectivity index (χ4n) is 3.54. The normalized spacial score (nSPS) is 32.1. The van der Waals surface area contributed by atoms with Crippen molar-refractivity contribution in [3.8, 4) is 0 Å². The Hall–Kier alpha value is -1.36. The first-order chi connectivity index (χ1) is 8.45. The Morgan fingerprint density at radius 3 is 2.74 bits per heavy atom. The molecule has 112 valence electrons. The third kappa shape index (κ3) is 2.39. The summed E-state index contributed by atoms with van der Waals surface area (Å²) in [6.07, 6.45) is 4.16. The molecule has 3 atom stereocenters. The van der Waals surface area contributed by atoms with Crippen molar-refractivity contribution in [3.63, 3.8) is 0 Å². The molecule has 0 spiro atoms. The zero-order chi connectivity index (χ0) is 13.5. The topological polar surface area (TPSA) is 90.2 Å². The number of likely N-dealkylation sites (tertiary alicyclic amines) is 1. The monoisotopic (exact) mass is 271 g/mol. The van der Waals surface area contributed by atoms with Gasteiger partial charge in [0.1, 0.15) is 0 Å². The van der Waals surface area contributed by atoms with E-state index in [1.165, 1.54) is 0 Å². The molecule has 1 saturated heterocycles. The van der Waals surface area contributed by atoms with Gasteiger partial charge in [-0.15, -0.1) is 0 Å². The van der Waals surface area contributed by atoms with Gasteiger partial charge in [0.2, 0.25) is 0 Å². The predicted molar refractivity (Wildman–Crippen MR) is 81.1 cm³/mol. The van der Waals surface area contributed by atoms with Gasteiger partial charge in [-0.1, -0.05) is 20.8 Å². The first-order valence-electron chi connectivity index (χ1n) is 6.64. The van der Waals surface area contributed by atoms with Gasteiger partial charge < -0.3 is 16.1 Å². The second-order valence-corrected chi connectivity index (χ2v) is 5.92. The van der Waals surface area contributed by atoms with Gasteiger partial charge in [0.25, 0.3) is 5.91 Å². The van der Waals surface area contributed by atoms with Crippen LogP contribution >= 0.6 is 0 Å². The smallest absolute Gasteiger partial charge is 0.270 e. The van der Waals surface area contributed by atoms with Crippen LogP contribution in [0.2, 0.25) is 0 Å². The van der Waals surface area contributed by atoms with Gasteiger partial charge in [-0.25, -0.2) is 0 Å². The zero-order valence-corrected chi connectivity index (χ0v) is 12.2. The summed E-state index contributed by atoms with van der Waals surface area (Å²) in [5.41, 5.74) is 6.50. The first-order valence-corrected chi connectivity index (χ1v) is 6.64. The third-order valence-electron chi connectivity index (χ3n) is 4.68. The fraction of sp³-hybridized carbons (Fsp3) is 0.714. The van der Waals surface area contributed by atoms with E-state index in [4.69, 9.17) is 5.73 Å². The van der Waals surface area contributed by atoms with E-state index in [1.54, 1.807) is 19.3 Å². The van der Waals surface area contributed by atoms with Crippen molar-refractivity contribution >= 4 is 12.1 Å². The van der Waals surface area contributed by atoms with E-state index in [1.807, 2.05) is 4.90 Å². The molecular formula is C14H29N3O2. The molecule has 0 bridgehead atoms. The average Bonchev–Trinajstić information content (AvgIpc) is 2.75. The molecule has 1 aliphatic heterocycles. The molecule has 0 aromatic rings. The second kappa shape index (κ2) is 5.33. The second-order valence-electron chi connectivity index (χ2n) is 5.92. The number of nitrogens with two attached hydrogens (primary N) is 1. The molecule has 2 rings (SSSR count). The fourth-order valence-corrected chi connectivity index (χ4v) is 3.54. The lowest BCUT2D eigenvalue weighted by Crippen LogP contribution is -2.42. The van der Waals surface area contributed by atoms with E-state index in [0.717, 1.165) is 13.0 Å². The molecule has 1 aliphatic carbocycles. The molecule has 1 saturated carbocycles. The van der Waals surface area contributed by atoms with Crippen LogP contribution in [0, 0.1) is 17.3 Å². The molecule has 0 radical (unpaired) electrons. The highest BCUT2D eigenvalue weighted by Crippen LogP contribution is 2.65. The van der Waals surface area contributed by atoms with E-state index in [2.05, 4.69) is 25.8 Å². The van der Waals surface area contributed by atoms with Crippen LogP contribution in [0.15, 0.2) is 16.8 Å². The lowest BCUT2D eigenvalue weighted by atomic mass is 9.99. The summed E-state index contributed by atoms with van der Waals surface area (Å²) in [6.45, 7) is 7.60. The molecule has 1 heterocycles. The number of piperidine rings is 1. The Morgan fingerprint density at radius 1 is 1.58 bits per heavy atom. The summed E-state index contributed by atoms with van der Waals surface area (Å²) in [4.78, 5) is 18.0. The van der Waals surface area contributed by atoms with Gasteiger partial charge in [-0.05, 0) is 29.7 Å². The number of aliphatic imine (C=N–C) groups is 1. The number of hydrogen-bond acceptors (Lipinski definition) is 3. The average molecular weight is 271 g/mol. The minimum Gasteiger partial charge on any atom is -0.412 e. The number of fused-ring (bicyclic) bond motifs is 1. The molecular weight excluding hydrogens is 242 g/mol. The minimum absolute atomic E-state index is 0. The van der Waals surface area contributed by atoms with Crippen LogP contribution in [-0.4, -0.2) is 42.1 Å². The Morgan fingerprint density at radius 2 is 2.21 bits per heavy atom. The summed E-state index contributed by atoms with van der Waals surface area (Å²) >= 11 is 0. The number of nitrogens with zero attached hydrogens (tertiary/aromatic N) is 2. The maximum Gasteiger partial charge on any atom is 0.270 e. The number of hydrogen-bond donors (Lipinski definition) is 1. The van der Waals surface area contributed by atoms with Crippen LogP contribution in [0.1, 0.15) is 30.0 Å². The van der Waals surface area contributed by atoms with Gasteiger partial charge in [0.05, 0.1) is 5.70 Å². The molecule has 4 N–H and O–H groups in total. The van der Waals surface area contributed by atoms with Crippen LogP contribution in [0.4, 0.5) is 0 Å². The van der Waals surface area contributed by atoms with Crippen molar-refractivity contribution in [1.82, 2.24) is 4.90 Å². The highest BCUT2D eigenvalue weighted by molar-refractivity contribution is 5.96. The van der Waals surface area contributed by atoms with Crippen molar-refractivity contribution in [2.24, 2.45) is 28.0 Å². The summed E-state index contributed by atoms with van der Waals surface area (Å²) in [5.74, 6) is 1.27. The highest BCUT2D eigenvalue weighted by atomic mass is 16.2. The van der Waals surface area contributed by atoms with Crippen molar-refractivity contribution < 1.29 is 13.1 Å². The highest BCUT2D eigenvalue weighted by Gasteiger charge is 2.66. The SMILES string of the molecule is CC[C@@H]1C2C(CN1C(=O)/C(N)=C/C=NC)C2(C)C.O.[HH].[HH]. The Labute approximate surface area is 117 Å². The number of rotatable bonds is 3. The van der Waals surface area contributed by atoms with E-state index in [9.17, 15) is 4.79 Å². The van der Waals surface area contributed by atoms with Crippen molar-refractivity contribution in [2.75, 3.05) is 13.6 Å². The molecule has 2 unspecified atom stereocenters. The van der Waals surface area contributed by atoms with Crippen molar-refractivity contribution in [2.45, 2.75) is 33.2 Å². The van der Waals surface area contributed by atoms with E-state index in [0.29, 0.717) is 23.3 Å². The van der Waals surface area contributed by atoms with Gasteiger partial charge in [-0.3, -0.25) is 9.79 Å². The predicted octanol–water partition coefficient (Wildman–Crippen LogP) is 1.09. The van der Waals surface area contributed by atoms with E-state index < -0.39 is 0 Å². The lowest BCUT2D eigenvalue weighted by Gasteiger charge is -2.30. The lowest BCUT2D eigenvalue weighted by molar-refractivity contribution is -0.129. The molecule has 0 aromatic heterocycles. The maximum atomic E-state index is 12.3. The minimum atomic E-state index is -0.0373. The van der Waals surface area contributed by atoms with Crippen LogP contribution < -0.4 is 5.73 Å². The molecule has 19 heavy (non-hydrogen) atoms. The molecule has 1 amide bonds.